The molecule has 1 N–H and O–H groups in total. The van der Waals surface area contributed by atoms with Crippen molar-refractivity contribution in [1.82, 2.24) is 5.32 Å². The lowest BCUT2D eigenvalue weighted by Crippen LogP contribution is -2.60. The number of benzene rings is 1. The van der Waals surface area contributed by atoms with Crippen LogP contribution in [0.1, 0.15) is 25.0 Å². The second-order valence-electron chi connectivity index (χ2n) is 5.51. The summed E-state index contributed by atoms with van der Waals surface area (Å²) in [6, 6.07) is 6.25. The average Bonchev–Trinajstić information content (AvgIpc) is 2.19. The lowest BCUT2D eigenvalue weighted by Gasteiger charge is -2.40. The standard InChI is InChI=1S/C14H20N2O/c1-10-6-5-7-12(11(10)2)16-8-13(17)15-14(3,4)9-16/h5-7H,8-9H2,1-4H3,(H,15,17). The molecular weight excluding hydrogens is 212 g/mol. The van der Waals surface area contributed by atoms with E-state index in [0.29, 0.717) is 6.54 Å². The lowest BCUT2D eigenvalue weighted by atomic mass is 9.99. The summed E-state index contributed by atoms with van der Waals surface area (Å²) in [6.45, 7) is 9.64. The van der Waals surface area contributed by atoms with Crippen LogP contribution in [0.25, 0.3) is 0 Å². The number of hydrogen-bond donors (Lipinski definition) is 1. The van der Waals surface area contributed by atoms with Gasteiger partial charge in [-0.2, -0.15) is 0 Å². The second kappa shape index (κ2) is 4.06. The van der Waals surface area contributed by atoms with Crippen molar-refractivity contribution in [2.75, 3.05) is 18.0 Å². The quantitative estimate of drug-likeness (QED) is 0.803. The largest absolute Gasteiger partial charge is 0.360 e. The van der Waals surface area contributed by atoms with E-state index in [0.717, 1.165) is 6.54 Å². The zero-order valence-corrected chi connectivity index (χ0v) is 11.0. The topological polar surface area (TPSA) is 32.3 Å². The highest BCUT2D eigenvalue weighted by molar-refractivity contribution is 5.84. The van der Waals surface area contributed by atoms with Crippen molar-refractivity contribution in [2.24, 2.45) is 0 Å². The van der Waals surface area contributed by atoms with Crippen molar-refractivity contribution in [2.45, 2.75) is 33.2 Å². The van der Waals surface area contributed by atoms with Crippen LogP contribution in [0.15, 0.2) is 18.2 Å². The van der Waals surface area contributed by atoms with Crippen molar-refractivity contribution in [3.05, 3.63) is 29.3 Å². The van der Waals surface area contributed by atoms with Gasteiger partial charge in [0.25, 0.3) is 0 Å². The fourth-order valence-electron chi connectivity index (χ4n) is 2.41. The first-order chi connectivity index (χ1) is 7.89. The minimum atomic E-state index is -0.161. The third-order valence-electron chi connectivity index (χ3n) is 3.32. The molecule has 0 aromatic heterocycles. The molecule has 3 nitrogen and oxygen atoms in total. The second-order valence-corrected chi connectivity index (χ2v) is 5.51. The first-order valence-electron chi connectivity index (χ1n) is 6.01. The summed E-state index contributed by atoms with van der Waals surface area (Å²) in [5, 5.41) is 3.01. The molecular formula is C14H20N2O. The van der Waals surface area contributed by atoms with E-state index in [-0.39, 0.29) is 11.4 Å². The van der Waals surface area contributed by atoms with Crippen molar-refractivity contribution >= 4 is 11.6 Å². The first kappa shape index (κ1) is 12.0. The maximum atomic E-state index is 11.7. The van der Waals surface area contributed by atoms with Crippen LogP contribution >= 0.6 is 0 Å². The molecule has 0 bridgehead atoms. The van der Waals surface area contributed by atoms with E-state index in [9.17, 15) is 4.79 Å². The molecule has 0 aliphatic carbocycles. The Kier molecular flexibility index (Phi) is 2.86. The maximum Gasteiger partial charge on any atom is 0.239 e. The van der Waals surface area contributed by atoms with E-state index in [1.807, 2.05) is 0 Å². The third-order valence-corrected chi connectivity index (χ3v) is 3.32. The zero-order chi connectivity index (χ0) is 12.6. The van der Waals surface area contributed by atoms with Crippen LogP contribution in [0.4, 0.5) is 5.69 Å². The number of hydrogen-bond acceptors (Lipinski definition) is 2. The molecule has 17 heavy (non-hydrogen) atoms. The number of nitrogens with one attached hydrogen (secondary N) is 1. The molecule has 0 atom stereocenters. The highest BCUT2D eigenvalue weighted by Gasteiger charge is 2.31. The number of carbonyl (C=O) groups excluding carboxylic acids is 1. The first-order valence-corrected chi connectivity index (χ1v) is 6.01. The molecule has 1 aliphatic heterocycles. The average molecular weight is 232 g/mol. The van der Waals surface area contributed by atoms with Gasteiger partial charge < -0.3 is 10.2 Å². The summed E-state index contributed by atoms with van der Waals surface area (Å²) in [5.41, 5.74) is 3.54. The minimum Gasteiger partial charge on any atom is -0.360 e. The van der Waals surface area contributed by atoms with Crippen LogP contribution in [-0.4, -0.2) is 24.5 Å². The Bertz CT molecular complexity index is 452. The number of rotatable bonds is 1. The van der Waals surface area contributed by atoms with Gasteiger partial charge in [0.2, 0.25) is 5.91 Å². The van der Waals surface area contributed by atoms with Gasteiger partial charge in [0.15, 0.2) is 0 Å². The third kappa shape index (κ3) is 2.43. The molecule has 92 valence electrons. The predicted molar refractivity (Wildman–Crippen MR) is 70.4 cm³/mol. The molecule has 0 unspecified atom stereocenters. The summed E-state index contributed by atoms with van der Waals surface area (Å²) in [7, 11) is 0. The van der Waals surface area contributed by atoms with Gasteiger partial charge in [0, 0.05) is 12.2 Å². The van der Waals surface area contributed by atoms with Gasteiger partial charge in [-0.1, -0.05) is 12.1 Å². The number of anilines is 1. The van der Waals surface area contributed by atoms with Gasteiger partial charge in [0.1, 0.15) is 0 Å². The summed E-state index contributed by atoms with van der Waals surface area (Å²) in [5.74, 6) is 0.0992. The molecule has 3 heteroatoms. The predicted octanol–water partition coefficient (Wildman–Crippen LogP) is 2.02. The maximum absolute atomic E-state index is 11.7. The van der Waals surface area contributed by atoms with Gasteiger partial charge in [-0.25, -0.2) is 0 Å². The van der Waals surface area contributed by atoms with Gasteiger partial charge >= 0.3 is 0 Å². The summed E-state index contributed by atoms with van der Waals surface area (Å²) in [4.78, 5) is 13.9. The number of amides is 1. The molecule has 1 fully saturated rings. The van der Waals surface area contributed by atoms with E-state index in [2.05, 4.69) is 56.1 Å². The molecule has 1 saturated heterocycles. The number of carbonyl (C=O) groups is 1. The normalized spacial score (nSPS) is 19.1. The summed E-state index contributed by atoms with van der Waals surface area (Å²) < 4.78 is 0. The van der Waals surface area contributed by atoms with Crippen LogP contribution in [0, 0.1) is 13.8 Å². The zero-order valence-electron chi connectivity index (χ0n) is 11.0. The molecule has 1 amide bonds. The highest BCUT2D eigenvalue weighted by atomic mass is 16.2. The van der Waals surface area contributed by atoms with E-state index in [1.165, 1.54) is 16.8 Å². The Morgan fingerprint density at radius 3 is 2.65 bits per heavy atom. The van der Waals surface area contributed by atoms with E-state index in [1.54, 1.807) is 0 Å². The Balaban J connectivity index is 2.33. The van der Waals surface area contributed by atoms with Crippen molar-refractivity contribution < 1.29 is 4.79 Å². The van der Waals surface area contributed by atoms with Crippen LogP contribution in [-0.2, 0) is 4.79 Å². The Morgan fingerprint density at radius 2 is 2.00 bits per heavy atom. The van der Waals surface area contributed by atoms with E-state index in [4.69, 9.17) is 0 Å². The number of nitrogens with zero attached hydrogens (tertiary/aromatic N) is 1. The summed E-state index contributed by atoms with van der Waals surface area (Å²) >= 11 is 0. The van der Waals surface area contributed by atoms with Crippen molar-refractivity contribution in [3.8, 4) is 0 Å². The molecule has 0 radical (unpaired) electrons. The molecule has 0 spiro atoms. The van der Waals surface area contributed by atoms with Crippen LogP contribution in [0.5, 0.6) is 0 Å². The molecule has 1 aromatic rings. The molecule has 1 aromatic carbocycles. The Labute approximate surface area is 103 Å². The molecule has 2 rings (SSSR count). The Morgan fingerprint density at radius 1 is 1.29 bits per heavy atom. The minimum absolute atomic E-state index is 0.0992. The van der Waals surface area contributed by atoms with E-state index < -0.39 is 0 Å². The van der Waals surface area contributed by atoms with Gasteiger partial charge in [-0.15, -0.1) is 0 Å². The van der Waals surface area contributed by atoms with Crippen LogP contribution < -0.4 is 10.2 Å². The Hall–Kier alpha value is -1.51. The van der Waals surface area contributed by atoms with Gasteiger partial charge in [-0.05, 0) is 44.9 Å². The van der Waals surface area contributed by atoms with Crippen LogP contribution in [0.2, 0.25) is 0 Å². The molecule has 1 heterocycles. The SMILES string of the molecule is Cc1cccc(N2CC(=O)NC(C)(C)C2)c1C. The van der Waals surface area contributed by atoms with Crippen molar-refractivity contribution in [3.63, 3.8) is 0 Å². The molecule has 0 saturated carbocycles. The summed E-state index contributed by atoms with van der Waals surface area (Å²) in [6.07, 6.45) is 0. The number of piperazine rings is 1. The molecule has 1 aliphatic rings. The van der Waals surface area contributed by atoms with Crippen molar-refractivity contribution in [1.29, 1.82) is 0 Å². The number of aryl methyl sites for hydroxylation is 1. The fourth-order valence-corrected chi connectivity index (χ4v) is 2.41. The van der Waals surface area contributed by atoms with Gasteiger partial charge in [0.05, 0.1) is 12.1 Å². The smallest absolute Gasteiger partial charge is 0.239 e. The highest BCUT2D eigenvalue weighted by Crippen LogP contribution is 2.25. The van der Waals surface area contributed by atoms with Crippen LogP contribution in [0.3, 0.4) is 0 Å². The lowest BCUT2D eigenvalue weighted by molar-refractivity contribution is -0.122. The monoisotopic (exact) mass is 232 g/mol. The fraction of sp³-hybridized carbons (Fsp3) is 0.500. The van der Waals surface area contributed by atoms with E-state index >= 15 is 0 Å². The van der Waals surface area contributed by atoms with Gasteiger partial charge in [-0.3, -0.25) is 4.79 Å².